The van der Waals surface area contributed by atoms with E-state index in [2.05, 4.69) is 5.32 Å². The molecule has 0 spiro atoms. The molecule has 7 heteroatoms. The molecule has 0 aromatic heterocycles. The van der Waals surface area contributed by atoms with Crippen LogP contribution >= 0.6 is 0 Å². The first kappa shape index (κ1) is 21.7. The largest absolute Gasteiger partial charge is 0.489 e. The number of nitrogens with two attached hydrogens (primary N) is 4. The SMILES string of the molecule is Nc1ccc(OCc2ccc(Nc3ccc(COc4ccc(N)cc4)c(N)c3)cc2N)cc1. The molecule has 0 heterocycles. The predicted molar refractivity (Wildman–Crippen MR) is 135 cm³/mol. The van der Waals surface area contributed by atoms with Crippen LogP contribution in [0.25, 0.3) is 0 Å². The van der Waals surface area contributed by atoms with Crippen molar-refractivity contribution in [3.8, 4) is 11.5 Å². The van der Waals surface area contributed by atoms with Gasteiger partial charge in [0.1, 0.15) is 24.7 Å². The third-order valence-electron chi connectivity index (χ3n) is 5.13. The zero-order chi connectivity index (χ0) is 23.2. The summed E-state index contributed by atoms with van der Waals surface area (Å²) in [5.41, 5.74) is 30.0. The fraction of sp³-hybridized carbons (Fsp3) is 0.0769. The highest BCUT2D eigenvalue weighted by Crippen LogP contribution is 2.26. The Kier molecular flexibility index (Phi) is 6.40. The number of rotatable bonds is 8. The summed E-state index contributed by atoms with van der Waals surface area (Å²) in [6, 6.07) is 26.0. The second-order valence-corrected chi connectivity index (χ2v) is 7.67. The molecule has 4 rings (SSSR count). The lowest BCUT2D eigenvalue weighted by molar-refractivity contribution is 0.307. The molecule has 0 aliphatic rings. The molecule has 4 aromatic carbocycles. The molecule has 0 amide bonds. The van der Waals surface area contributed by atoms with Gasteiger partial charge in [-0.1, -0.05) is 12.1 Å². The first-order valence-corrected chi connectivity index (χ1v) is 10.5. The summed E-state index contributed by atoms with van der Waals surface area (Å²) in [6.07, 6.45) is 0. The Bertz CT molecular complexity index is 1130. The lowest BCUT2D eigenvalue weighted by Gasteiger charge is -2.14. The second kappa shape index (κ2) is 9.74. The van der Waals surface area contributed by atoms with Crippen molar-refractivity contribution in [2.75, 3.05) is 28.3 Å². The van der Waals surface area contributed by atoms with Crippen LogP contribution in [0.15, 0.2) is 84.9 Å². The Morgan fingerprint density at radius 2 is 0.909 bits per heavy atom. The number of hydrogen-bond acceptors (Lipinski definition) is 7. The lowest BCUT2D eigenvalue weighted by Crippen LogP contribution is -2.03. The van der Waals surface area contributed by atoms with Crippen molar-refractivity contribution in [1.29, 1.82) is 0 Å². The molecule has 168 valence electrons. The minimum atomic E-state index is 0.367. The van der Waals surface area contributed by atoms with Crippen molar-refractivity contribution >= 4 is 34.1 Å². The van der Waals surface area contributed by atoms with E-state index >= 15 is 0 Å². The number of ether oxygens (including phenoxy) is 2. The summed E-state index contributed by atoms with van der Waals surface area (Å²) < 4.78 is 11.6. The van der Waals surface area contributed by atoms with Gasteiger partial charge >= 0.3 is 0 Å². The Morgan fingerprint density at radius 3 is 1.27 bits per heavy atom. The molecule has 0 aliphatic heterocycles. The molecule has 4 aromatic rings. The van der Waals surface area contributed by atoms with E-state index < -0.39 is 0 Å². The average molecular weight is 442 g/mol. The van der Waals surface area contributed by atoms with Crippen molar-refractivity contribution < 1.29 is 9.47 Å². The molecule has 0 radical (unpaired) electrons. The van der Waals surface area contributed by atoms with Crippen molar-refractivity contribution in [1.82, 2.24) is 0 Å². The second-order valence-electron chi connectivity index (χ2n) is 7.67. The standard InChI is InChI=1S/C26H27N5O2/c27-19-3-9-23(10-4-19)32-15-17-1-7-21(13-25(17)29)31-22-8-2-18(26(30)14-22)16-33-24-11-5-20(28)6-12-24/h1-14,31H,15-16,27-30H2. The maximum atomic E-state index is 6.23. The third-order valence-corrected chi connectivity index (χ3v) is 5.13. The molecule has 0 fully saturated rings. The number of anilines is 6. The van der Waals surface area contributed by atoms with E-state index in [1.165, 1.54) is 0 Å². The van der Waals surface area contributed by atoms with E-state index in [4.69, 9.17) is 32.4 Å². The summed E-state index contributed by atoms with van der Waals surface area (Å²) in [5, 5.41) is 3.33. The van der Waals surface area contributed by atoms with E-state index in [0.29, 0.717) is 36.0 Å². The number of hydrogen-bond donors (Lipinski definition) is 5. The molecule has 0 unspecified atom stereocenters. The lowest BCUT2D eigenvalue weighted by atomic mass is 10.1. The van der Waals surface area contributed by atoms with Crippen LogP contribution in [0.5, 0.6) is 11.5 Å². The Balaban J connectivity index is 1.36. The topological polar surface area (TPSA) is 135 Å². The first-order chi connectivity index (χ1) is 16.0. The van der Waals surface area contributed by atoms with Gasteiger partial charge in [0.05, 0.1) is 0 Å². The van der Waals surface area contributed by atoms with Gasteiger partial charge in [0.15, 0.2) is 0 Å². The van der Waals surface area contributed by atoms with Gasteiger partial charge in [-0.05, 0) is 72.8 Å². The van der Waals surface area contributed by atoms with E-state index in [1.807, 2.05) is 60.7 Å². The van der Waals surface area contributed by atoms with Crippen molar-refractivity contribution in [2.24, 2.45) is 0 Å². The number of benzene rings is 4. The fourth-order valence-corrected chi connectivity index (χ4v) is 3.23. The maximum Gasteiger partial charge on any atom is 0.119 e. The molecule has 0 saturated heterocycles. The summed E-state index contributed by atoms with van der Waals surface area (Å²) >= 11 is 0. The Morgan fingerprint density at radius 1 is 0.515 bits per heavy atom. The summed E-state index contributed by atoms with van der Waals surface area (Å²) in [4.78, 5) is 0. The van der Waals surface area contributed by atoms with Gasteiger partial charge in [0, 0.05) is 45.3 Å². The minimum Gasteiger partial charge on any atom is -0.489 e. The van der Waals surface area contributed by atoms with Gasteiger partial charge in [-0.15, -0.1) is 0 Å². The van der Waals surface area contributed by atoms with Gasteiger partial charge in [0.25, 0.3) is 0 Å². The van der Waals surface area contributed by atoms with Crippen molar-refractivity contribution in [2.45, 2.75) is 13.2 Å². The van der Waals surface area contributed by atoms with Gasteiger partial charge in [0.2, 0.25) is 0 Å². The molecule has 33 heavy (non-hydrogen) atoms. The number of nitrogens with one attached hydrogen (secondary N) is 1. The third kappa shape index (κ3) is 5.80. The normalized spacial score (nSPS) is 10.5. The highest BCUT2D eigenvalue weighted by atomic mass is 16.5. The molecular weight excluding hydrogens is 414 g/mol. The molecule has 0 saturated carbocycles. The van der Waals surface area contributed by atoms with Gasteiger partial charge in [-0.2, -0.15) is 0 Å². The van der Waals surface area contributed by atoms with E-state index in [9.17, 15) is 0 Å². The van der Waals surface area contributed by atoms with E-state index in [1.54, 1.807) is 24.3 Å². The van der Waals surface area contributed by atoms with Crippen LogP contribution < -0.4 is 37.7 Å². The molecule has 0 atom stereocenters. The number of nitrogen functional groups attached to an aromatic ring is 4. The van der Waals surface area contributed by atoms with Crippen molar-refractivity contribution in [3.63, 3.8) is 0 Å². The zero-order valence-corrected chi connectivity index (χ0v) is 18.1. The molecular formula is C26H27N5O2. The van der Waals surface area contributed by atoms with E-state index in [-0.39, 0.29) is 0 Å². The monoisotopic (exact) mass is 441 g/mol. The maximum absolute atomic E-state index is 6.23. The van der Waals surface area contributed by atoms with E-state index in [0.717, 1.165) is 34.0 Å². The van der Waals surface area contributed by atoms with Gasteiger partial charge in [-0.25, -0.2) is 0 Å². The molecule has 9 N–H and O–H groups in total. The molecule has 0 bridgehead atoms. The predicted octanol–water partition coefficient (Wildman–Crippen LogP) is 4.92. The molecule has 0 aliphatic carbocycles. The fourth-order valence-electron chi connectivity index (χ4n) is 3.23. The van der Waals surface area contributed by atoms with Crippen LogP contribution in [-0.2, 0) is 13.2 Å². The van der Waals surface area contributed by atoms with Crippen LogP contribution in [0.3, 0.4) is 0 Å². The summed E-state index contributed by atoms with van der Waals surface area (Å²) in [5.74, 6) is 1.48. The minimum absolute atomic E-state index is 0.367. The van der Waals surface area contributed by atoms with Crippen LogP contribution in [0.4, 0.5) is 34.1 Å². The Labute approximate surface area is 192 Å². The van der Waals surface area contributed by atoms with Crippen LogP contribution in [0.2, 0.25) is 0 Å². The quantitative estimate of drug-likeness (QED) is 0.245. The van der Waals surface area contributed by atoms with Crippen molar-refractivity contribution in [3.05, 3.63) is 96.1 Å². The summed E-state index contributed by atoms with van der Waals surface area (Å²) in [7, 11) is 0. The summed E-state index contributed by atoms with van der Waals surface area (Å²) in [6.45, 7) is 0.733. The zero-order valence-electron chi connectivity index (χ0n) is 18.1. The van der Waals surface area contributed by atoms with Gasteiger partial charge < -0.3 is 37.7 Å². The first-order valence-electron chi connectivity index (χ1n) is 10.5. The van der Waals surface area contributed by atoms with Gasteiger partial charge in [-0.3, -0.25) is 0 Å². The highest BCUT2D eigenvalue weighted by Gasteiger charge is 2.06. The van der Waals surface area contributed by atoms with Crippen LogP contribution in [-0.4, -0.2) is 0 Å². The Hall–Kier alpha value is -4.52. The highest BCUT2D eigenvalue weighted by molar-refractivity contribution is 5.69. The van der Waals surface area contributed by atoms with Crippen LogP contribution in [0, 0.1) is 0 Å². The molecule has 7 nitrogen and oxygen atoms in total. The average Bonchev–Trinajstić information content (AvgIpc) is 2.80. The smallest absolute Gasteiger partial charge is 0.119 e. The van der Waals surface area contributed by atoms with Crippen LogP contribution in [0.1, 0.15) is 11.1 Å².